The van der Waals surface area contributed by atoms with Crippen LogP contribution in [0.15, 0.2) is 72.9 Å². The third kappa shape index (κ3) is 7.08. The van der Waals surface area contributed by atoms with Crippen LogP contribution in [0.3, 0.4) is 0 Å². The number of likely N-dealkylation sites (tertiary alicyclic amines) is 1. The molecule has 10 heteroatoms. The molecule has 1 aliphatic rings. The van der Waals surface area contributed by atoms with Crippen LogP contribution in [0.4, 0.5) is 10.1 Å². The first-order valence-corrected chi connectivity index (χ1v) is 14.6. The Hall–Kier alpha value is -4.70. The van der Waals surface area contributed by atoms with Crippen molar-refractivity contribution < 1.29 is 28.2 Å². The number of methoxy groups -OCH3 is 1. The van der Waals surface area contributed by atoms with E-state index in [1.807, 2.05) is 37.3 Å². The molecular formula is C34H37FN4O5. The summed E-state index contributed by atoms with van der Waals surface area (Å²) < 4.78 is 33.3. The lowest BCUT2D eigenvalue weighted by molar-refractivity contribution is -0.135. The van der Waals surface area contributed by atoms with Crippen molar-refractivity contribution in [2.24, 2.45) is 11.7 Å². The van der Waals surface area contributed by atoms with Crippen molar-refractivity contribution in [2.75, 3.05) is 45.3 Å². The fraction of sp³-hybridized carbons (Fsp3) is 0.324. The van der Waals surface area contributed by atoms with Crippen LogP contribution in [0, 0.1) is 11.7 Å². The predicted octanol–water partition coefficient (Wildman–Crippen LogP) is 5.52. The van der Waals surface area contributed by atoms with E-state index in [-0.39, 0.29) is 23.9 Å². The maximum atomic E-state index is 15.5. The highest BCUT2D eigenvalue weighted by Gasteiger charge is 2.25. The number of rotatable bonds is 10. The summed E-state index contributed by atoms with van der Waals surface area (Å²) in [6.45, 7) is 4.73. The number of carbonyl (C=O) groups is 2. The summed E-state index contributed by atoms with van der Waals surface area (Å²) in [5.74, 6) is -1.04. The van der Waals surface area contributed by atoms with Gasteiger partial charge in [0.05, 0.1) is 19.2 Å². The Bertz CT molecular complexity index is 1630. The standard InChI is InChI=1S/C34H37FN4O5/c1-22(24-7-5-4-6-8-24)20-39(34(41)33(36)40)25-9-10-30(27(35)17-25)44-29-11-14-37-28-19-32(31(42-3)18-26(28)29)43-21-23-12-15-38(2)16-13-23/h4-11,14,17-19,22-23H,12-13,15-16,20-21H2,1-3H3,(H2,36,40)/t22-/m0/s1. The predicted molar refractivity (Wildman–Crippen MR) is 167 cm³/mol. The number of pyridine rings is 1. The number of piperidine rings is 1. The molecule has 0 bridgehead atoms. The number of benzene rings is 3. The summed E-state index contributed by atoms with van der Waals surface area (Å²) in [4.78, 5) is 32.6. The third-order valence-electron chi connectivity index (χ3n) is 8.03. The molecule has 0 saturated carbocycles. The largest absolute Gasteiger partial charge is 0.493 e. The average molecular weight is 601 g/mol. The summed E-state index contributed by atoms with van der Waals surface area (Å²) in [6.07, 6.45) is 3.73. The third-order valence-corrected chi connectivity index (χ3v) is 8.03. The van der Waals surface area contributed by atoms with Crippen LogP contribution < -0.4 is 24.8 Å². The zero-order chi connectivity index (χ0) is 31.2. The highest BCUT2D eigenvalue weighted by Crippen LogP contribution is 2.38. The lowest BCUT2D eigenvalue weighted by Crippen LogP contribution is -2.42. The summed E-state index contributed by atoms with van der Waals surface area (Å²) in [5.41, 5.74) is 7.09. The number of amides is 2. The number of primary amides is 1. The molecule has 0 aliphatic carbocycles. The second-order valence-corrected chi connectivity index (χ2v) is 11.2. The van der Waals surface area contributed by atoms with E-state index in [1.54, 1.807) is 31.5 Å². The molecule has 1 aromatic heterocycles. The molecule has 2 amide bonds. The molecule has 2 N–H and O–H groups in total. The molecule has 1 aliphatic heterocycles. The lowest BCUT2D eigenvalue weighted by atomic mass is 9.98. The molecule has 4 aromatic rings. The van der Waals surface area contributed by atoms with Gasteiger partial charge < -0.3 is 29.7 Å². The molecule has 0 unspecified atom stereocenters. The van der Waals surface area contributed by atoms with Crippen LogP contribution in [0.5, 0.6) is 23.0 Å². The monoisotopic (exact) mass is 600 g/mol. The number of nitrogens with zero attached hydrogens (tertiary/aromatic N) is 3. The summed E-state index contributed by atoms with van der Waals surface area (Å²) in [7, 11) is 3.69. The molecule has 0 radical (unpaired) electrons. The summed E-state index contributed by atoms with van der Waals surface area (Å²) in [5, 5.41) is 0.613. The summed E-state index contributed by atoms with van der Waals surface area (Å²) >= 11 is 0. The van der Waals surface area contributed by atoms with Crippen LogP contribution in [-0.2, 0) is 9.59 Å². The van der Waals surface area contributed by atoms with Gasteiger partial charge in [0.15, 0.2) is 23.1 Å². The Kier molecular flexibility index (Phi) is 9.59. The van der Waals surface area contributed by atoms with Gasteiger partial charge in [-0.25, -0.2) is 4.39 Å². The quantitative estimate of drug-likeness (QED) is 0.239. The van der Waals surface area contributed by atoms with Gasteiger partial charge in [-0.3, -0.25) is 14.6 Å². The minimum absolute atomic E-state index is 0.0645. The van der Waals surface area contributed by atoms with Crippen LogP contribution in [0.1, 0.15) is 31.2 Å². The second-order valence-electron chi connectivity index (χ2n) is 11.2. The number of fused-ring (bicyclic) bond motifs is 1. The lowest BCUT2D eigenvalue weighted by Gasteiger charge is -2.28. The molecule has 5 rings (SSSR count). The number of carbonyl (C=O) groups excluding carboxylic acids is 2. The molecule has 9 nitrogen and oxygen atoms in total. The van der Waals surface area contributed by atoms with Crippen molar-refractivity contribution >= 4 is 28.4 Å². The molecule has 44 heavy (non-hydrogen) atoms. The first-order chi connectivity index (χ1) is 21.2. The minimum Gasteiger partial charge on any atom is -0.493 e. The number of aromatic nitrogens is 1. The van der Waals surface area contributed by atoms with Crippen molar-refractivity contribution in [1.82, 2.24) is 9.88 Å². The first kappa shape index (κ1) is 30.7. The Labute approximate surface area is 256 Å². The Morgan fingerprint density at radius 1 is 1.02 bits per heavy atom. The van der Waals surface area contributed by atoms with Crippen molar-refractivity contribution in [3.05, 3.63) is 84.3 Å². The number of halogens is 1. The molecule has 230 valence electrons. The topological polar surface area (TPSA) is 107 Å². The highest BCUT2D eigenvalue weighted by atomic mass is 19.1. The van der Waals surface area contributed by atoms with E-state index in [0.717, 1.165) is 37.6 Å². The molecule has 1 saturated heterocycles. The Balaban J connectivity index is 1.37. The average Bonchev–Trinajstić information content (AvgIpc) is 3.04. The Morgan fingerprint density at radius 2 is 1.77 bits per heavy atom. The fourth-order valence-electron chi connectivity index (χ4n) is 5.38. The number of ether oxygens (including phenoxy) is 3. The van der Waals surface area contributed by atoms with E-state index in [1.165, 1.54) is 17.0 Å². The highest BCUT2D eigenvalue weighted by molar-refractivity contribution is 6.39. The van der Waals surface area contributed by atoms with Gasteiger partial charge in [-0.1, -0.05) is 37.3 Å². The molecule has 1 fully saturated rings. The van der Waals surface area contributed by atoms with E-state index in [4.69, 9.17) is 19.9 Å². The SMILES string of the molecule is COc1cc2c(Oc3ccc(N(C[C@H](C)c4ccccc4)C(=O)C(N)=O)cc3F)ccnc2cc1OCC1CCN(C)CC1. The van der Waals surface area contributed by atoms with Gasteiger partial charge in [0.2, 0.25) is 0 Å². The number of hydrogen-bond donors (Lipinski definition) is 1. The number of hydrogen-bond acceptors (Lipinski definition) is 7. The summed E-state index contributed by atoms with van der Waals surface area (Å²) in [6, 6.07) is 18.8. The van der Waals surface area contributed by atoms with Crippen LogP contribution in [0.25, 0.3) is 10.9 Å². The van der Waals surface area contributed by atoms with Gasteiger partial charge in [-0.15, -0.1) is 0 Å². The van der Waals surface area contributed by atoms with Gasteiger partial charge in [0, 0.05) is 35.9 Å². The van der Waals surface area contributed by atoms with Gasteiger partial charge in [0.25, 0.3) is 0 Å². The van der Waals surface area contributed by atoms with Crippen LogP contribution >= 0.6 is 0 Å². The van der Waals surface area contributed by atoms with Gasteiger partial charge in [-0.2, -0.15) is 0 Å². The van der Waals surface area contributed by atoms with Gasteiger partial charge >= 0.3 is 11.8 Å². The smallest absolute Gasteiger partial charge is 0.316 e. The molecular weight excluding hydrogens is 563 g/mol. The van der Waals surface area contributed by atoms with Crippen molar-refractivity contribution in [3.63, 3.8) is 0 Å². The van der Waals surface area contributed by atoms with E-state index in [9.17, 15) is 9.59 Å². The maximum Gasteiger partial charge on any atom is 0.316 e. The van der Waals surface area contributed by atoms with Crippen molar-refractivity contribution in [1.29, 1.82) is 0 Å². The van der Waals surface area contributed by atoms with Gasteiger partial charge in [0.1, 0.15) is 5.75 Å². The first-order valence-electron chi connectivity index (χ1n) is 14.6. The fourth-order valence-corrected chi connectivity index (χ4v) is 5.38. The zero-order valence-corrected chi connectivity index (χ0v) is 25.2. The van der Waals surface area contributed by atoms with Crippen molar-refractivity contribution in [3.8, 4) is 23.0 Å². The molecule has 2 heterocycles. The van der Waals surface area contributed by atoms with E-state index < -0.39 is 17.6 Å². The number of nitrogens with two attached hydrogens (primary N) is 1. The Morgan fingerprint density at radius 3 is 2.45 bits per heavy atom. The maximum absolute atomic E-state index is 15.5. The molecule has 3 aromatic carbocycles. The van der Waals surface area contributed by atoms with E-state index in [0.29, 0.717) is 40.7 Å². The van der Waals surface area contributed by atoms with Crippen LogP contribution in [-0.4, -0.2) is 62.1 Å². The molecule has 0 spiro atoms. The minimum atomic E-state index is -1.13. The van der Waals surface area contributed by atoms with Crippen molar-refractivity contribution in [2.45, 2.75) is 25.7 Å². The van der Waals surface area contributed by atoms with Crippen LogP contribution in [0.2, 0.25) is 0 Å². The van der Waals surface area contributed by atoms with E-state index in [2.05, 4.69) is 16.9 Å². The molecule has 1 atom stereocenters. The normalized spacial score (nSPS) is 14.6. The van der Waals surface area contributed by atoms with E-state index >= 15 is 4.39 Å². The zero-order valence-electron chi connectivity index (χ0n) is 25.2. The van der Waals surface area contributed by atoms with Gasteiger partial charge in [-0.05, 0) is 74.6 Å². The second kappa shape index (κ2) is 13.7. The number of anilines is 1.